The van der Waals surface area contributed by atoms with Crippen LogP contribution in [0.5, 0.6) is 0 Å². The number of aromatic nitrogens is 3. The van der Waals surface area contributed by atoms with Gasteiger partial charge in [0.05, 0.1) is 10.6 Å². The zero-order valence-corrected chi connectivity index (χ0v) is 13.2. The Morgan fingerprint density at radius 1 is 1.25 bits per heavy atom. The fourth-order valence-electron chi connectivity index (χ4n) is 2.12. The van der Waals surface area contributed by atoms with E-state index in [1.165, 1.54) is 30.6 Å². The van der Waals surface area contributed by atoms with E-state index >= 15 is 0 Å². The molecule has 126 valence electrons. The number of hydrogen-bond acceptors (Lipinski definition) is 4. The number of anilines is 1. The van der Waals surface area contributed by atoms with Crippen LogP contribution >= 0.6 is 11.3 Å². The van der Waals surface area contributed by atoms with E-state index in [0.29, 0.717) is 21.3 Å². The van der Waals surface area contributed by atoms with Gasteiger partial charge in [0.25, 0.3) is 0 Å². The summed E-state index contributed by atoms with van der Waals surface area (Å²) in [5.41, 5.74) is -0.151. The predicted molar refractivity (Wildman–Crippen MR) is 83.0 cm³/mol. The van der Waals surface area contributed by atoms with Crippen LogP contribution in [0.3, 0.4) is 0 Å². The maximum Gasteiger partial charge on any atom is 0.435 e. The Labute approximate surface area is 138 Å². The summed E-state index contributed by atoms with van der Waals surface area (Å²) in [6.07, 6.45) is -3.03. The molecule has 24 heavy (non-hydrogen) atoms. The van der Waals surface area contributed by atoms with Crippen LogP contribution in [0.15, 0.2) is 36.5 Å². The number of alkyl halides is 3. The zero-order valence-electron chi connectivity index (χ0n) is 12.4. The topological polar surface area (TPSA) is 42.7 Å². The predicted octanol–water partition coefficient (Wildman–Crippen LogP) is 4.31. The van der Waals surface area contributed by atoms with E-state index in [9.17, 15) is 17.6 Å². The van der Waals surface area contributed by atoms with Gasteiger partial charge in [-0.25, -0.2) is 9.37 Å². The lowest BCUT2D eigenvalue weighted by atomic mass is 10.2. The van der Waals surface area contributed by atoms with Crippen LogP contribution in [0.2, 0.25) is 0 Å². The molecule has 4 nitrogen and oxygen atoms in total. The first kappa shape index (κ1) is 16.4. The first-order valence-corrected chi connectivity index (χ1v) is 7.71. The second-order valence-electron chi connectivity index (χ2n) is 5.01. The molecule has 0 aliphatic carbocycles. The van der Waals surface area contributed by atoms with E-state index in [0.717, 1.165) is 10.7 Å². The van der Waals surface area contributed by atoms with Crippen molar-refractivity contribution in [1.82, 2.24) is 14.8 Å². The highest BCUT2D eigenvalue weighted by Gasteiger charge is 2.34. The van der Waals surface area contributed by atoms with Crippen molar-refractivity contribution in [1.29, 1.82) is 0 Å². The third-order valence-corrected chi connectivity index (χ3v) is 4.29. The van der Waals surface area contributed by atoms with Crippen LogP contribution in [0.4, 0.5) is 22.7 Å². The van der Waals surface area contributed by atoms with E-state index in [1.807, 2.05) is 0 Å². The van der Waals surface area contributed by atoms with E-state index in [-0.39, 0.29) is 12.4 Å². The smallest absolute Gasteiger partial charge is 0.357 e. The number of thiazole rings is 1. The summed E-state index contributed by atoms with van der Waals surface area (Å²) >= 11 is 1.18. The van der Waals surface area contributed by atoms with Crippen molar-refractivity contribution in [2.45, 2.75) is 12.7 Å². The second kappa shape index (κ2) is 6.23. The zero-order chi connectivity index (χ0) is 17.3. The molecule has 0 amide bonds. The summed E-state index contributed by atoms with van der Waals surface area (Å²) in [7, 11) is 1.44. The van der Waals surface area contributed by atoms with Gasteiger partial charge in [0.2, 0.25) is 0 Å². The number of hydrogen-bond donors (Lipinski definition) is 1. The fourth-order valence-corrected chi connectivity index (χ4v) is 2.98. The molecule has 9 heteroatoms. The van der Waals surface area contributed by atoms with Gasteiger partial charge in [0.1, 0.15) is 5.82 Å². The minimum Gasteiger partial charge on any atom is -0.357 e. The third kappa shape index (κ3) is 3.40. The quantitative estimate of drug-likeness (QED) is 0.708. The average molecular weight is 356 g/mol. The molecule has 0 bridgehead atoms. The number of nitrogens with one attached hydrogen (secondary N) is 1. The molecule has 0 fully saturated rings. The highest BCUT2D eigenvalue weighted by Crippen LogP contribution is 2.34. The number of halogens is 4. The molecule has 1 N–H and O–H groups in total. The van der Waals surface area contributed by atoms with Gasteiger partial charge in [0.15, 0.2) is 10.8 Å². The van der Waals surface area contributed by atoms with Crippen molar-refractivity contribution in [3.05, 3.63) is 53.6 Å². The molecular formula is C15H12F4N4S. The number of rotatable bonds is 4. The van der Waals surface area contributed by atoms with Crippen LogP contribution in [0.1, 0.15) is 11.3 Å². The summed E-state index contributed by atoms with van der Waals surface area (Å²) in [5, 5.41) is 6.93. The lowest BCUT2D eigenvalue weighted by molar-refractivity contribution is -0.141. The van der Waals surface area contributed by atoms with Gasteiger partial charge in [-0.15, -0.1) is 0 Å². The molecule has 0 aliphatic heterocycles. The maximum atomic E-state index is 13.6. The van der Waals surface area contributed by atoms with Crippen molar-refractivity contribution in [2.75, 3.05) is 5.32 Å². The Balaban J connectivity index is 1.76. The van der Waals surface area contributed by atoms with Crippen molar-refractivity contribution in [3.63, 3.8) is 0 Å². The Morgan fingerprint density at radius 2 is 2.00 bits per heavy atom. The van der Waals surface area contributed by atoms with Gasteiger partial charge in [-0.05, 0) is 12.1 Å². The minimum atomic E-state index is -4.49. The van der Waals surface area contributed by atoms with Crippen LogP contribution < -0.4 is 5.32 Å². The molecule has 0 aliphatic rings. The number of nitrogens with zero attached hydrogens (tertiary/aromatic N) is 3. The van der Waals surface area contributed by atoms with Crippen molar-refractivity contribution in [3.8, 4) is 10.6 Å². The molecule has 2 aromatic heterocycles. The number of benzene rings is 1. The molecule has 3 aromatic rings. The van der Waals surface area contributed by atoms with Crippen LogP contribution in [0, 0.1) is 5.82 Å². The monoisotopic (exact) mass is 356 g/mol. The molecular weight excluding hydrogens is 344 g/mol. The van der Waals surface area contributed by atoms with Gasteiger partial charge in [-0.2, -0.15) is 18.3 Å². The van der Waals surface area contributed by atoms with E-state index < -0.39 is 11.9 Å². The molecule has 1 aromatic carbocycles. The Bertz CT molecular complexity index is 853. The lowest BCUT2D eigenvalue weighted by Gasteiger charge is -2.03. The summed E-state index contributed by atoms with van der Waals surface area (Å²) < 4.78 is 52.9. The molecule has 2 heterocycles. The molecule has 0 saturated heterocycles. The Kier molecular flexibility index (Phi) is 4.27. The van der Waals surface area contributed by atoms with Gasteiger partial charge in [-0.3, -0.25) is 4.68 Å². The molecule has 0 saturated carbocycles. The van der Waals surface area contributed by atoms with Crippen molar-refractivity contribution >= 4 is 16.5 Å². The van der Waals surface area contributed by atoms with E-state index in [4.69, 9.17) is 0 Å². The minimum absolute atomic E-state index is 0.235. The second-order valence-corrected chi connectivity index (χ2v) is 6.04. The standard InChI is InChI=1S/C15H12F4N4S/c1-23-11(6-13(22-23)15(17,18)19)12-8-21-14(24-12)20-7-9-4-2-3-5-10(9)16/h2-6,8H,7H2,1H3,(H,20,21). The SMILES string of the molecule is Cn1nc(C(F)(F)F)cc1-c1cnc(NCc2ccccc2F)s1. The number of aryl methyl sites for hydroxylation is 1. The van der Waals surface area contributed by atoms with Gasteiger partial charge >= 0.3 is 6.18 Å². The van der Waals surface area contributed by atoms with Crippen LogP contribution in [0.25, 0.3) is 10.6 Å². The van der Waals surface area contributed by atoms with Crippen molar-refractivity contribution in [2.24, 2.45) is 7.05 Å². The lowest BCUT2D eigenvalue weighted by Crippen LogP contribution is -2.06. The third-order valence-electron chi connectivity index (χ3n) is 3.32. The maximum absolute atomic E-state index is 13.6. The van der Waals surface area contributed by atoms with Gasteiger partial charge in [-0.1, -0.05) is 29.5 Å². The van der Waals surface area contributed by atoms with Gasteiger partial charge in [0, 0.05) is 25.4 Å². The molecule has 0 spiro atoms. The van der Waals surface area contributed by atoms with Crippen molar-refractivity contribution < 1.29 is 17.6 Å². The molecule has 0 atom stereocenters. The Hall–Kier alpha value is -2.42. The largest absolute Gasteiger partial charge is 0.435 e. The first-order valence-electron chi connectivity index (χ1n) is 6.89. The molecule has 3 rings (SSSR count). The summed E-state index contributed by atoms with van der Waals surface area (Å²) in [6, 6.07) is 7.31. The highest BCUT2D eigenvalue weighted by molar-refractivity contribution is 7.18. The Morgan fingerprint density at radius 3 is 2.67 bits per heavy atom. The summed E-state index contributed by atoms with van der Waals surface area (Å²) in [5.74, 6) is -0.330. The van der Waals surface area contributed by atoms with E-state index in [2.05, 4.69) is 15.4 Å². The van der Waals surface area contributed by atoms with Crippen LogP contribution in [-0.4, -0.2) is 14.8 Å². The highest BCUT2D eigenvalue weighted by atomic mass is 32.1. The summed E-state index contributed by atoms with van der Waals surface area (Å²) in [6.45, 7) is 0.235. The molecule has 0 radical (unpaired) electrons. The summed E-state index contributed by atoms with van der Waals surface area (Å²) in [4.78, 5) is 4.65. The fraction of sp³-hybridized carbons (Fsp3) is 0.200. The molecule has 0 unspecified atom stereocenters. The van der Waals surface area contributed by atoms with E-state index in [1.54, 1.807) is 18.2 Å². The average Bonchev–Trinajstić information content (AvgIpc) is 3.12. The van der Waals surface area contributed by atoms with Gasteiger partial charge < -0.3 is 5.32 Å². The van der Waals surface area contributed by atoms with Crippen LogP contribution in [-0.2, 0) is 19.8 Å². The normalized spacial score (nSPS) is 11.7. The first-order chi connectivity index (χ1) is 11.3.